The van der Waals surface area contributed by atoms with Crippen LogP contribution in [0.1, 0.15) is 33.6 Å². The maximum atomic E-state index is 6.10. The van der Waals surface area contributed by atoms with Crippen molar-refractivity contribution in [1.29, 1.82) is 0 Å². The Morgan fingerprint density at radius 1 is 1.31 bits per heavy atom. The van der Waals surface area contributed by atoms with E-state index in [0.717, 1.165) is 13.2 Å². The topological polar surface area (TPSA) is 38.5 Å². The Morgan fingerprint density at radius 3 is 2.62 bits per heavy atom. The first-order valence-electron chi connectivity index (χ1n) is 6.69. The van der Waals surface area contributed by atoms with E-state index in [4.69, 9.17) is 10.5 Å². The van der Waals surface area contributed by atoms with Gasteiger partial charge in [-0.15, -0.1) is 0 Å². The molecule has 3 nitrogen and oxygen atoms in total. The molecule has 0 saturated carbocycles. The molecule has 94 valence electrons. The Morgan fingerprint density at radius 2 is 2.06 bits per heavy atom. The van der Waals surface area contributed by atoms with E-state index in [1.807, 2.05) is 0 Å². The molecule has 2 fully saturated rings. The molecule has 2 saturated heterocycles. The van der Waals surface area contributed by atoms with Gasteiger partial charge in [0.15, 0.2) is 0 Å². The predicted octanol–water partition coefficient (Wildman–Crippen LogP) is 1.47. The minimum atomic E-state index is 0.375. The Hall–Kier alpha value is -0.120. The van der Waals surface area contributed by atoms with Gasteiger partial charge in [-0.05, 0) is 24.7 Å². The summed E-state index contributed by atoms with van der Waals surface area (Å²) in [6, 6.07) is 1.08. The highest BCUT2D eigenvalue weighted by Crippen LogP contribution is 2.27. The fraction of sp³-hybridized carbons (Fsp3) is 1.00. The molecule has 2 N–H and O–H groups in total. The molecule has 2 rings (SSSR count). The van der Waals surface area contributed by atoms with E-state index in [0.29, 0.717) is 30.0 Å². The molecule has 0 aromatic carbocycles. The summed E-state index contributed by atoms with van der Waals surface area (Å²) >= 11 is 0. The quantitative estimate of drug-likeness (QED) is 0.775. The van der Waals surface area contributed by atoms with Gasteiger partial charge in [0, 0.05) is 31.8 Å². The van der Waals surface area contributed by atoms with Crippen LogP contribution in [0.15, 0.2) is 0 Å². The minimum absolute atomic E-state index is 0.375. The van der Waals surface area contributed by atoms with Crippen molar-refractivity contribution in [3.8, 4) is 0 Å². The fourth-order valence-electron chi connectivity index (χ4n) is 2.93. The normalized spacial score (nSPS) is 41.8. The third-order valence-electron chi connectivity index (χ3n) is 4.25. The number of hydrogen-bond donors (Lipinski definition) is 1. The highest BCUT2D eigenvalue weighted by molar-refractivity contribution is 4.90. The monoisotopic (exact) mass is 226 g/mol. The maximum Gasteiger partial charge on any atom is 0.0612 e. The zero-order valence-electron chi connectivity index (χ0n) is 10.9. The molecule has 0 spiro atoms. The second-order valence-corrected chi connectivity index (χ2v) is 5.93. The molecule has 4 unspecified atom stereocenters. The van der Waals surface area contributed by atoms with Gasteiger partial charge in [-0.3, -0.25) is 4.90 Å². The Labute approximate surface area is 99.3 Å². The lowest BCUT2D eigenvalue weighted by Crippen LogP contribution is -2.43. The van der Waals surface area contributed by atoms with Gasteiger partial charge in [0.25, 0.3) is 0 Å². The van der Waals surface area contributed by atoms with Crippen molar-refractivity contribution in [2.24, 2.45) is 17.6 Å². The van der Waals surface area contributed by atoms with Gasteiger partial charge >= 0.3 is 0 Å². The van der Waals surface area contributed by atoms with Gasteiger partial charge in [-0.1, -0.05) is 20.8 Å². The van der Waals surface area contributed by atoms with Crippen LogP contribution in [-0.4, -0.2) is 42.8 Å². The molecule has 0 amide bonds. The van der Waals surface area contributed by atoms with Crippen molar-refractivity contribution in [2.75, 3.05) is 19.7 Å². The zero-order chi connectivity index (χ0) is 11.7. The molecule has 3 heteroatoms. The molecule has 0 aromatic rings. The summed E-state index contributed by atoms with van der Waals surface area (Å²) in [4.78, 5) is 2.59. The number of ether oxygens (including phenoxy) is 1. The van der Waals surface area contributed by atoms with Crippen LogP contribution in [0.3, 0.4) is 0 Å². The zero-order valence-corrected chi connectivity index (χ0v) is 10.9. The molecule has 16 heavy (non-hydrogen) atoms. The molecule has 2 aliphatic heterocycles. The summed E-state index contributed by atoms with van der Waals surface area (Å²) in [6.07, 6.45) is 2.82. The van der Waals surface area contributed by atoms with Crippen LogP contribution in [0.5, 0.6) is 0 Å². The molecule has 0 aliphatic carbocycles. The lowest BCUT2D eigenvalue weighted by atomic mass is 9.94. The first-order valence-corrected chi connectivity index (χ1v) is 6.69. The first-order chi connectivity index (χ1) is 7.58. The Kier molecular flexibility index (Phi) is 3.88. The SMILES string of the molecule is CC(C)C1CC(N2CC(C)C(N)C2)CCO1. The van der Waals surface area contributed by atoms with E-state index < -0.39 is 0 Å². The van der Waals surface area contributed by atoms with E-state index in [1.54, 1.807) is 0 Å². The van der Waals surface area contributed by atoms with Crippen LogP contribution in [0.4, 0.5) is 0 Å². The highest BCUT2D eigenvalue weighted by Gasteiger charge is 2.35. The van der Waals surface area contributed by atoms with Gasteiger partial charge in [0.2, 0.25) is 0 Å². The van der Waals surface area contributed by atoms with Gasteiger partial charge in [-0.25, -0.2) is 0 Å². The van der Waals surface area contributed by atoms with Gasteiger partial charge in [0.1, 0.15) is 0 Å². The maximum absolute atomic E-state index is 6.10. The summed E-state index contributed by atoms with van der Waals surface area (Å²) < 4.78 is 5.82. The third kappa shape index (κ3) is 2.58. The summed E-state index contributed by atoms with van der Waals surface area (Å²) in [5.74, 6) is 1.29. The Bertz CT molecular complexity index is 222. The second-order valence-electron chi connectivity index (χ2n) is 5.93. The van der Waals surface area contributed by atoms with E-state index in [-0.39, 0.29) is 0 Å². The van der Waals surface area contributed by atoms with Crippen molar-refractivity contribution in [3.63, 3.8) is 0 Å². The van der Waals surface area contributed by atoms with Gasteiger partial charge < -0.3 is 10.5 Å². The second kappa shape index (κ2) is 5.03. The predicted molar refractivity (Wildman–Crippen MR) is 66.3 cm³/mol. The van der Waals surface area contributed by atoms with E-state index in [9.17, 15) is 0 Å². The summed E-state index contributed by atoms with van der Waals surface area (Å²) in [6.45, 7) is 9.96. The van der Waals surface area contributed by atoms with Crippen molar-refractivity contribution in [2.45, 2.75) is 51.8 Å². The highest BCUT2D eigenvalue weighted by atomic mass is 16.5. The average Bonchev–Trinajstić information content (AvgIpc) is 2.59. The molecule has 0 bridgehead atoms. The molecule has 2 aliphatic rings. The standard InChI is InChI=1S/C13H26N2O/c1-9(2)13-6-11(4-5-16-13)15-7-10(3)12(14)8-15/h9-13H,4-8,14H2,1-3H3. The van der Waals surface area contributed by atoms with E-state index in [2.05, 4.69) is 25.7 Å². The number of nitrogens with two attached hydrogens (primary N) is 1. The minimum Gasteiger partial charge on any atom is -0.378 e. The van der Waals surface area contributed by atoms with Crippen LogP contribution in [0.2, 0.25) is 0 Å². The lowest BCUT2D eigenvalue weighted by molar-refractivity contribution is -0.0451. The molecule has 4 atom stereocenters. The average molecular weight is 226 g/mol. The van der Waals surface area contributed by atoms with Crippen molar-refractivity contribution in [3.05, 3.63) is 0 Å². The summed E-state index contributed by atoms with van der Waals surface area (Å²) in [7, 11) is 0. The van der Waals surface area contributed by atoms with Crippen molar-refractivity contribution in [1.82, 2.24) is 4.90 Å². The van der Waals surface area contributed by atoms with E-state index >= 15 is 0 Å². The lowest BCUT2D eigenvalue weighted by Gasteiger charge is -2.37. The summed E-state index contributed by atoms with van der Waals surface area (Å²) in [5.41, 5.74) is 6.10. The molecular weight excluding hydrogens is 200 g/mol. The number of likely N-dealkylation sites (tertiary alicyclic amines) is 1. The molecular formula is C13H26N2O. The molecule has 0 radical (unpaired) electrons. The molecule has 0 aromatic heterocycles. The first kappa shape index (κ1) is 12.3. The van der Waals surface area contributed by atoms with Crippen LogP contribution < -0.4 is 5.73 Å². The van der Waals surface area contributed by atoms with Gasteiger partial charge in [0.05, 0.1) is 6.10 Å². The van der Waals surface area contributed by atoms with Crippen LogP contribution in [0, 0.1) is 11.8 Å². The largest absolute Gasteiger partial charge is 0.378 e. The van der Waals surface area contributed by atoms with Crippen LogP contribution in [0.25, 0.3) is 0 Å². The smallest absolute Gasteiger partial charge is 0.0612 e. The van der Waals surface area contributed by atoms with Gasteiger partial charge in [-0.2, -0.15) is 0 Å². The summed E-state index contributed by atoms with van der Waals surface area (Å²) in [5, 5.41) is 0. The number of nitrogens with zero attached hydrogens (tertiary/aromatic N) is 1. The fourth-order valence-corrected chi connectivity index (χ4v) is 2.93. The van der Waals surface area contributed by atoms with Crippen LogP contribution >= 0.6 is 0 Å². The molecule has 2 heterocycles. The third-order valence-corrected chi connectivity index (χ3v) is 4.25. The number of rotatable bonds is 2. The van der Waals surface area contributed by atoms with Crippen LogP contribution in [-0.2, 0) is 4.74 Å². The van der Waals surface area contributed by atoms with Crippen molar-refractivity contribution >= 4 is 0 Å². The van der Waals surface area contributed by atoms with E-state index in [1.165, 1.54) is 19.4 Å². The van der Waals surface area contributed by atoms with Crippen molar-refractivity contribution < 1.29 is 4.74 Å². The number of hydrogen-bond acceptors (Lipinski definition) is 3. The Balaban J connectivity index is 1.90.